The van der Waals surface area contributed by atoms with Crippen molar-refractivity contribution in [2.45, 2.75) is 43.4 Å². The highest BCUT2D eigenvalue weighted by Crippen LogP contribution is 2.63. The lowest BCUT2D eigenvalue weighted by molar-refractivity contribution is 0.443. The topological polar surface area (TPSA) is 8.17 Å². The van der Waals surface area contributed by atoms with Gasteiger partial charge in [0.25, 0.3) is 0 Å². The number of aromatic nitrogens is 1. The van der Waals surface area contributed by atoms with E-state index in [4.69, 9.17) is 0 Å². The molecule has 1 aromatic heterocycles. The summed E-state index contributed by atoms with van der Waals surface area (Å²) in [5.41, 5.74) is 18.8. The summed E-state index contributed by atoms with van der Waals surface area (Å²) < 4.78 is 2.41. The van der Waals surface area contributed by atoms with E-state index in [1.165, 1.54) is 126 Å². The summed E-state index contributed by atoms with van der Waals surface area (Å²) in [5, 5.41) is 7.60. The minimum absolute atomic E-state index is 0.520. The smallest absolute Gasteiger partial charge is 0.0726 e. The van der Waals surface area contributed by atoms with Gasteiger partial charge >= 0.3 is 0 Å². The molecule has 3 aliphatic rings. The van der Waals surface area contributed by atoms with Gasteiger partial charge in [0.15, 0.2) is 0 Å². The van der Waals surface area contributed by atoms with Crippen LogP contribution in [0.15, 0.2) is 212 Å². The molecule has 1 heterocycles. The van der Waals surface area contributed by atoms with Crippen LogP contribution in [-0.4, -0.2) is 4.57 Å². The van der Waals surface area contributed by atoms with Crippen molar-refractivity contribution in [1.82, 2.24) is 4.57 Å². The van der Waals surface area contributed by atoms with E-state index in [0.29, 0.717) is 5.92 Å². The van der Waals surface area contributed by atoms with Crippen molar-refractivity contribution < 1.29 is 0 Å². The lowest BCUT2D eigenvalue weighted by Crippen LogP contribution is -2.32. The van der Waals surface area contributed by atoms with Crippen molar-refractivity contribution in [2.75, 3.05) is 4.90 Å². The minimum Gasteiger partial charge on any atom is -0.310 e. The number of hydrogen-bond acceptors (Lipinski definition) is 1. The third-order valence-electron chi connectivity index (χ3n) is 15.3. The maximum atomic E-state index is 2.60. The largest absolute Gasteiger partial charge is 0.310 e. The number of fused-ring (bicyclic) bond motifs is 13. The molecule has 308 valence electrons. The molecule has 0 radical (unpaired) electrons. The Bertz CT molecular complexity index is 3710. The van der Waals surface area contributed by atoms with Gasteiger partial charge in [-0.2, -0.15) is 0 Å². The van der Waals surface area contributed by atoms with E-state index < -0.39 is 5.41 Å². The van der Waals surface area contributed by atoms with Crippen molar-refractivity contribution in [2.24, 2.45) is 0 Å². The van der Waals surface area contributed by atoms with Gasteiger partial charge in [0.2, 0.25) is 0 Å². The average Bonchev–Trinajstić information content (AvgIpc) is 3.86. The van der Waals surface area contributed by atoms with Crippen LogP contribution in [0.4, 0.5) is 17.1 Å². The van der Waals surface area contributed by atoms with E-state index in [1.54, 1.807) is 0 Å². The van der Waals surface area contributed by atoms with Gasteiger partial charge in [0, 0.05) is 33.2 Å². The quantitative estimate of drug-likeness (QED) is 0.168. The lowest BCUT2D eigenvalue weighted by Gasteiger charge is -2.41. The van der Waals surface area contributed by atoms with Gasteiger partial charge in [-0.1, -0.05) is 177 Å². The molecule has 10 aromatic carbocycles. The van der Waals surface area contributed by atoms with Crippen LogP contribution in [0.5, 0.6) is 0 Å². The molecule has 3 aliphatic carbocycles. The molecule has 0 saturated heterocycles. The zero-order valence-corrected chi connectivity index (χ0v) is 36.2. The average molecular weight is 831 g/mol. The normalized spacial score (nSPS) is 16.3. The molecule has 0 aliphatic heterocycles. The number of hydrogen-bond donors (Lipinski definition) is 0. The summed E-state index contributed by atoms with van der Waals surface area (Å²) in [5.74, 6) is 0.615. The number of para-hydroxylation sites is 2. The highest BCUT2D eigenvalue weighted by Gasteiger charge is 2.50. The Morgan fingerprint density at radius 2 is 1.05 bits per heavy atom. The van der Waals surface area contributed by atoms with Crippen molar-refractivity contribution in [1.29, 1.82) is 0 Å². The third kappa shape index (κ3) is 5.23. The molecule has 1 fully saturated rings. The van der Waals surface area contributed by atoms with E-state index in [-0.39, 0.29) is 0 Å². The molecule has 0 N–H and O–H groups in total. The molecule has 2 nitrogen and oxygen atoms in total. The van der Waals surface area contributed by atoms with Crippen LogP contribution < -0.4 is 4.90 Å². The molecule has 2 heteroatoms. The lowest BCUT2D eigenvalue weighted by atomic mass is 9.61. The van der Waals surface area contributed by atoms with Crippen LogP contribution in [-0.2, 0) is 5.41 Å². The summed E-state index contributed by atoms with van der Waals surface area (Å²) in [6.45, 7) is 0. The van der Waals surface area contributed by atoms with Gasteiger partial charge in [-0.15, -0.1) is 0 Å². The fourth-order valence-corrected chi connectivity index (χ4v) is 12.6. The first-order valence-corrected chi connectivity index (χ1v) is 23.5. The van der Waals surface area contributed by atoms with Crippen LogP contribution in [0.1, 0.15) is 65.8 Å². The van der Waals surface area contributed by atoms with Crippen molar-refractivity contribution in [3.05, 3.63) is 240 Å². The summed E-state index contributed by atoms with van der Waals surface area (Å²) in [6, 6.07) is 80.6. The van der Waals surface area contributed by atoms with Crippen LogP contribution in [0.2, 0.25) is 0 Å². The summed E-state index contributed by atoms with van der Waals surface area (Å²) in [7, 11) is 0. The van der Waals surface area contributed by atoms with E-state index in [9.17, 15) is 0 Å². The van der Waals surface area contributed by atoms with Crippen LogP contribution in [0.25, 0.3) is 71.3 Å². The molecule has 0 bridgehead atoms. The summed E-state index contributed by atoms with van der Waals surface area (Å²) in [6.07, 6.45) is 6.56. The van der Waals surface area contributed by atoms with Crippen molar-refractivity contribution >= 4 is 60.4 Å². The Morgan fingerprint density at radius 1 is 0.400 bits per heavy atom. The second kappa shape index (κ2) is 14.2. The molecule has 1 unspecified atom stereocenters. The number of anilines is 3. The van der Waals surface area contributed by atoms with Gasteiger partial charge in [-0.05, 0) is 140 Å². The maximum absolute atomic E-state index is 2.60. The zero-order chi connectivity index (χ0) is 42.6. The Labute approximate surface area is 379 Å². The minimum atomic E-state index is -0.520. The first-order valence-electron chi connectivity index (χ1n) is 23.5. The molecule has 14 rings (SSSR count). The van der Waals surface area contributed by atoms with Gasteiger partial charge in [0.1, 0.15) is 0 Å². The molecule has 1 spiro atoms. The van der Waals surface area contributed by atoms with Crippen LogP contribution in [0, 0.1) is 0 Å². The van der Waals surface area contributed by atoms with Crippen LogP contribution in [0.3, 0.4) is 0 Å². The first kappa shape index (κ1) is 36.8. The standard InChI is InChI=1S/C63H46N2/c1-3-16-41(17-4-1)44-32-36-56-53(38-44)52-27-13-20-43-21-14-29-57(62(43)52)63(56)55-28-11-9-25-49(55)50-35-33-47(40-58(50)63)64(59-31-15-19-42-18-7-8-24-48(42)59)46-34-37-61-54(39-46)51-26-10-12-30-60(51)65(61)45-22-5-2-6-23-45/h2,5-15,18-41H,1,3-4,16-17H2. The fraction of sp³-hybridized carbons (Fsp3) is 0.111. The van der Waals surface area contributed by atoms with Gasteiger partial charge in [0.05, 0.1) is 22.1 Å². The highest BCUT2D eigenvalue weighted by molar-refractivity contribution is 6.12. The summed E-state index contributed by atoms with van der Waals surface area (Å²) >= 11 is 0. The number of rotatable bonds is 5. The van der Waals surface area contributed by atoms with E-state index in [0.717, 1.165) is 22.7 Å². The molecule has 1 saturated carbocycles. The highest BCUT2D eigenvalue weighted by atomic mass is 15.1. The van der Waals surface area contributed by atoms with Crippen molar-refractivity contribution in [3.63, 3.8) is 0 Å². The number of nitrogens with zero attached hydrogens (tertiary/aromatic N) is 2. The molecular weight excluding hydrogens is 785 g/mol. The first-order chi connectivity index (χ1) is 32.3. The SMILES string of the molecule is c1ccc(-n2c3ccccc3c3cc(N(c4ccc5c(c4)C4(c6ccccc6-5)c5ccc(C6CCCCC6)cc5-c5cccc6cccc4c56)c4cccc5ccccc45)ccc32)cc1. The molecular formula is C63H46N2. The number of benzene rings is 10. The van der Waals surface area contributed by atoms with Gasteiger partial charge in [-0.3, -0.25) is 0 Å². The zero-order valence-electron chi connectivity index (χ0n) is 36.2. The second-order valence-electron chi connectivity index (χ2n) is 18.6. The van der Waals surface area contributed by atoms with Crippen molar-refractivity contribution in [3.8, 4) is 27.9 Å². The summed E-state index contributed by atoms with van der Waals surface area (Å²) in [4.78, 5) is 2.53. The van der Waals surface area contributed by atoms with Gasteiger partial charge in [-0.25, -0.2) is 0 Å². The molecule has 0 amide bonds. The predicted octanol–water partition coefficient (Wildman–Crippen LogP) is 17.0. The Balaban J connectivity index is 1.06. The van der Waals surface area contributed by atoms with E-state index in [1.807, 2.05) is 0 Å². The molecule has 65 heavy (non-hydrogen) atoms. The third-order valence-corrected chi connectivity index (χ3v) is 15.3. The maximum Gasteiger partial charge on any atom is 0.0726 e. The fourth-order valence-electron chi connectivity index (χ4n) is 12.6. The van der Waals surface area contributed by atoms with E-state index >= 15 is 0 Å². The monoisotopic (exact) mass is 830 g/mol. The Hall–Kier alpha value is -7.68. The predicted molar refractivity (Wildman–Crippen MR) is 273 cm³/mol. The van der Waals surface area contributed by atoms with Gasteiger partial charge < -0.3 is 9.47 Å². The Morgan fingerprint density at radius 3 is 1.95 bits per heavy atom. The van der Waals surface area contributed by atoms with Crippen LogP contribution >= 0.6 is 0 Å². The second-order valence-corrected chi connectivity index (χ2v) is 18.6. The molecule has 1 atom stereocenters. The Kier molecular flexibility index (Phi) is 8.01. The van der Waals surface area contributed by atoms with E-state index in [2.05, 4.69) is 222 Å². The molecule has 11 aromatic rings.